The van der Waals surface area contributed by atoms with E-state index in [-0.39, 0.29) is 5.91 Å². The van der Waals surface area contributed by atoms with Gasteiger partial charge in [0, 0.05) is 30.4 Å². The fourth-order valence-corrected chi connectivity index (χ4v) is 1.67. The molecule has 1 amide bonds. The maximum absolute atomic E-state index is 11.7. The molecule has 0 aliphatic carbocycles. The largest absolute Gasteiger partial charge is 0.397 e. The standard InChI is InChI=1S/C12H13ClN4O/c13-9-1-2-10(14)11(7-9)16-12(18)3-5-17-6-4-15-8-17/h1-2,4,6-8H,3,5,14H2,(H,16,18). The van der Waals surface area contributed by atoms with Gasteiger partial charge in [-0.05, 0) is 18.2 Å². The van der Waals surface area contributed by atoms with Crippen molar-refractivity contribution in [2.45, 2.75) is 13.0 Å². The summed E-state index contributed by atoms with van der Waals surface area (Å²) in [6.07, 6.45) is 5.50. The molecule has 0 aliphatic heterocycles. The lowest BCUT2D eigenvalue weighted by molar-refractivity contribution is -0.116. The summed E-state index contributed by atoms with van der Waals surface area (Å²) in [4.78, 5) is 15.6. The van der Waals surface area contributed by atoms with Gasteiger partial charge in [-0.15, -0.1) is 0 Å². The summed E-state index contributed by atoms with van der Waals surface area (Å²) in [6.45, 7) is 0.576. The molecule has 2 aromatic rings. The number of nitrogens with one attached hydrogen (secondary N) is 1. The van der Waals surface area contributed by atoms with E-state index in [1.165, 1.54) is 0 Å². The van der Waals surface area contributed by atoms with E-state index in [9.17, 15) is 4.79 Å². The summed E-state index contributed by atoms with van der Waals surface area (Å²) in [6, 6.07) is 4.97. The molecular formula is C12H13ClN4O. The van der Waals surface area contributed by atoms with Crippen molar-refractivity contribution >= 4 is 28.9 Å². The van der Waals surface area contributed by atoms with Gasteiger partial charge in [-0.3, -0.25) is 4.79 Å². The predicted octanol–water partition coefficient (Wildman–Crippen LogP) is 2.15. The molecule has 1 aromatic heterocycles. The number of imidazole rings is 1. The molecule has 0 bridgehead atoms. The van der Waals surface area contributed by atoms with Crippen molar-refractivity contribution in [3.05, 3.63) is 41.9 Å². The number of aromatic nitrogens is 2. The van der Waals surface area contributed by atoms with Crippen LogP contribution in [0, 0.1) is 0 Å². The van der Waals surface area contributed by atoms with Gasteiger partial charge in [0.25, 0.3) is 0 Å². The Kier molecular flexibility index (Phi) is 3.84. The number of nitrogens with two attached hydrogens (primary N) is 1. The number of nitrogen functional groups attached to an aromatic ring is 1. The van der Waals surface area contributed by atoms with Crippen molar-refractivity contribution in [2.75, 3.05) is 11.1 Å². The highest BCUT2D eigenvalue weighted by Crippen LogP contribution is 2.22. The predicted molar refractivity (Wildman–Crippen MR) is 71.3 cm³/mol. The average Bonchev–Trinajstić information content (AvgIpc) is 2.84. The first-order valence-corrected chi connectivity index (χ1v) is 5.83. The zero-order valence-corrected chi connectivity index (χ0v) is 10.4. The second-order valence-corrected chi connectivity index (χ2v) is 4.27. The molecule has 18 heavy (non-hydrogen) atoms. The van der Waals surface area contributed by atoms with Crippen LogP contribution in [0.2, 0.25) is 5.02 Å². The lowest BCUT2D eigenvalue weighted by Gasteiger charge is -2.08. The molecule has 0 saturated heterocycles. The Hall–Kier alpha value is -2.01. The number of halogens is 1. The molecule has 0 saturated carbocycles. The first-order chi connectivity index (χ1) is 8.65. The third kappa shape index (κ3) is 3.24. The second kappa shape index (κ2) is 5.55. The molecule has 3 N–H and O–H groups in total. The van der Waals surface area contributed by atoms with Gasteiger partial charge in [0.2, 0.25) is 5.91 Å². The highest BCUT2D eigenvalue weighted by molar-refractivity contribution is 6.31. The fourth-order valence-electron chi connectivity index (χ4n) is 1.50. The molecule has 0 radical (unpaired) electrons. The van der Waals surface area contributed by atoms with E-state index in [1.807, 2.05) is 4.57 Å². The van der Waals surface area contributed by atoms with Crippen LogP contribution in [0.1, 0.15) is 6.42 Å². The summed E-state index contributed by atoms with van der Waals surface area (Å²) in [5.74, 6) is -0.113. The molecule has 0 fully saturated rings. The quantitative estimate of drug-likeness (QED) is 0.831. The first kappa shape index (κ1) is 12.4. The van der Waals surface area contributed by atoms with Crippen molar-refractivity contribution in [1.82, 2.24) is 9.55 Å². The van der Waals surface area contributed by atoms with Crippen molar-refractivity contribution in [2.24, 2.45) is 0 Å². The maximum Gasteiger partial charge on any atom is 0.226 e. The van der Waals surface area contributed by atoms with E-state index in [2.05, 4.69) is 10.3 Å². The molecule has 0 unspecified atom stereocenters. The molecule has 0 atom stereocenters. The van der Waals surface area contributed by atoms with E-state index in [0.717, 1.165) is 0 Å². The molecule has 0 aliphatic rings. The van der Waals surface area contributed by atoms with Crippen LogP contribution in [-0.2, 0) is 11.3 Å². The number of rotatable bonds is 4. The summed E-state index contributed by atoms with van der Waals surface area (Å²) in [7, 11) is 0. The number of hydrogen-bond donors (Lipinski definition) is 2. The summed E-state index contributed by atoms with van der Waals surface area (Å²) >= 11 is 5.84. The van der Waals surface area contributed by atoms with Gasteiger partial charge in [0.05, 0.1) is 17.7 Å². The number of carbonyl (C=O) groups excluding carboxylic acids is 1. The Morgan fingerprint density at radius 2 is 2.33 bits per heavy atom. The van der Waals surface area contributed by atoms with Crippen molar-refractivity contribution < 1.29 is 4.79 Å². The number of amides is 1. The molecule has 1 aromatic carbocycles. The average molecular weight is 265 g/mol. The Labute approximate surface area is 110 Å². The van der Waals surface area contributed by atoms with Gasteiger partial charge in [-0.25, -0.2) is 4.98 Å². The number of benzene rings is 1. The maximum atomic E-state index is 11.7. The van der Waals surface area contributed by atoms with Crippen LogP contribution in [0.25, 0.3) is 0 Å². The van der Waals surface area contributed by atoms with Gasteiger partial charge in [-0.2, -0.15) is 0 Å². The zero-order valence-electron chi connectivity index (χ0n) is 9.64. The molecule has 94 valence electrons. The topological polar surface area (TPSA) is 72.9 Å². The number of hydrogen-bond acceptors (Lipinski definition) is 3. The lowest BCUT2D eigenvalue weighted by Crippen LogP contribution is -2.15. The van der Waals surface area contributed by atoms with Gasteiger partial charge in [-0.1, -0.05) is 11.6 Å². The number of anilines is 2. The van der Waals surface area contributed by atoms with Gasteiger partial charge < -0.3 is 15.6 Å². The Bertz CT molecular complexity index is 539. The van der Waals surface area contributed by atoms with Crippen molar-refractivity contribution in [1.29, 1.82) is 0 Å². The van der Waals surface area contributed by atoms with Gasteiger partial charge in [0.15, 0.2) is 0 Å². The number of aryl methyl sites for hydroxylation is 1. The monoisotopic (exact) mass is 264 g/mol. The smallest absolute Gasteiger partial charge is 0.226 e. The van der Waals surface area contributed by atoms with Crippen LogP contribution in [0.4, 0.5) is 11.4 Å². The van der Waals surface area contributed by atoms with Gasteiger partial charge in [0.1, 0.15) is 0 Å². The highest BCUT2D eigenvalue weighted by Gasteiger charge is 2.06. The van der Waals surface area contributed by atoms with Crippen LogP contribution < -0.4 is 11.1 Å². The normalized spacial score (nSPS) is 10.3. The molecule has 0 spiro atoms. The molecule has 2 rings (SSSR count). The zero-order chi connectivity index (χ0) is 13.0. The molecular weight excluding hydrogens is 252 g/mol. The number of nitrogens with zero attached hydrogens (tertiary/aromatic N) is 2. The van der Waals surface area contributed by atoms with Crippen LogP contribution in [0.3, 0.4) is 0 Å². The SMILES string of the molecule is Nc1ccc(Cl)cc1NC(=O)CCn1ccnc1. The second-order valence-electron chi connectivity index (χ2n) is 3.83. The highest BCUT2D eigenvalue weighted by atomic mass is 35.5. The molecule has 5 nitrogen and oxygen atoms in total. The Morgan fingerprint density at radius 1 is 1.50 bits per heavy atom. The van der Waals surface area contributed by atoms with Gasteiger partial charge >= 0.3 is 0 Å². The minimum Gasteiger partial charge on any atom is -0.397 e. The van der Waals surface area contributed by atoms with E-state index < -0.39 is 0 Å². The van der Waals surface area contributed by atoms with E-state index >= 15 is 0 Å². The molecule has 6 heteroatoms. The van der Waals surface area contributed by atoms with Crippen LogP contribution in [0.15, 0.2) is 36.9 Å². The minimum absolute atomic E-state index is 0.113. The van der Waals surface area contributed by atoms with E-state index in [4.69, 9.17) is 17.3 Å². The first-order valence-electron chi connectivity index (χ1n) is 5.46. The third-order valence-electron chi connectivity index (χ3n) is 2.45. The summed E-state index contributed by atoms with van der Waals surface area (Å²) in [5.41, 5.74) is 6.78. The van der Waals surface area contributed by atoms with E-state index in [0.29, 0.717) is 29.4 Å². The van der Waals surface area contributed by atoms with Crippen molar-refractivity contribution in [3.63, 3.8) is 0 Å². The van der Waals surface area contributed by atoms with Crippen LogP contribution in [-0.4, -0.2) is 15.5 Å². The van der Waals surface area contributed by atoms with Crippen LogP contribution >= 0.6 is 11.6 Å². The third-order valence-corrected chi connectivity index (χ3v) is 2.68. The Balaban J connectivity index is 1.92. The summed E-state index contributed by atoms with van der Waals surface area (Å²) < 4.78 is 1.83. The Morgan fingerprint density at radius 3 is 3.06 bits per heavy atom. The van der Waals surface area contributed by atoms with E-state index in [1.54, 1.807) is 36.9 Å². The minimum atomic E-state index is -0.113. The summed E-state index contributed by atoms with van der Waals surface area (Å²) in [5, 5.41) is 3.27. The van der Waals surface area contributed by atoms with Crippen molar-refractivity contribution in [3.8, 4) is 0 Å². The number of carbonyl (C=O) groups is 1. The molecule has 1 heterocycles. The van der Waals surface area contributed by atoms with Crippen LogP contribution in [0.5, 0.6) is 0 Å². The lowest BCUT2D eigenvalue weighted by atomic mass is 10.2. The fraction of sp³-hybridized carbons (Fsp3) is 0.167.